The standard InChI is InChI=1S/C16H22ClN3O7/c1-26-11-4-2-10(3-5-11)8-19(16(24)20(18-25)7-6-17)15-14(23)13(22)12(21)9-27-15/h2-5,12-15,21-23H,6-9H2,1H3/t12-,13-,14+,15?/m0/s1. The van der Waals surface area contributed by atoms with Crippen LogP contribution >= 0.6 is 11.6 Å². The van der Waals surface area contributed by atoms with Gasteiger partial charge in [-0.25, -0.2) is 4.79 Å². The molecule has 0 bridgehead atoms. The van der Waals surface area contributed by atoms with E-state index in [2.05, 4.69) is 5.29 Å². The van der Waals surface area contributed by atoms with E-state index in [1.807, 2.05) is 0 Å². The summed E-state index contributed by atoms with van der Waals surface area (Å²) in [5.74, 6) is 0.589. The largest absolute Gasteiger partial charge is 0.497 e. The van der Waals surface area contributed by atoms with Crippen LogP contribution in [0.25, 0.3) is 0 Å². The molecule has 2 amide bonds. The molecule has 1 saturated heterocycles. The number of ether oxygens (including phenoxy) is 2. The average molecular weight is 404 g/mol. The van der Waals surface area contributed by atoms with E-state index in [0.717, 1.165) is 4.90 Å². The number of benzene rings is 1. The number of rotatable bonds is 7. The van der Waals surface area contributed by atoms with Crippen molar-refractivity contribution in [2.24, 2.45) is 5.29 Å². The molecule has 0 saturated carbocycles. The molecule has 1 unspecified atom stereocenters. The SMILES string of the molecule is COc1ccc(CN(C(=O)N(CCCl)N=O)C2OC[C@H](O)[C@H](O)[C@H]2O)cc1. The fourth-order valence-corrected chi connectivity index (χ4v) is 2.82. The van der Waals surface area contributed by atoms with Crippen LogP contribution < -0.4 is 4.74 Å². The van der Waals surface area contributed by atoms with Gasteiger partial charge in [-0.2, -0.15) is 5.01 Å². The van der Waals surface area contributed by atoms with Crippen molar-refractivity contribution in [3.8, 4) is 5.75 Å². The van der Waals surface area contributed by atoms with E-state index >= 15 is 0 Å². The molecule has 150 valence electrons. The Kier molecular flexibility index (Phi) is 7.75. The van der Waals surface area contributed by atoms with Crippen molar-refractivity contribution < 1.29 is 29.6 Å². The van der Waals surface area contributed by atoms with Crippen molar-refractivity contribution in [3.63, 3.8) is 0 Å². The fraction of sp³-hybridized carbons (Fsp3) is 0.562. The number of amides is 2. The Morgan fingerprint density at radius 2 is 1.96 bits per heavy atom. The van der Waals surface area contributed by atoms with Crippen molar-refractivity contribution >= 4 is 17.6 Å². The molecule has 0 aliphatic carbocycles. The summed E-state index contributed by atoms with van der Waals surface area (Å²) in [6.45, 7) is -0.488. The van der Waals surface area contributed by atoms with Crippen LogP contribution in [0.15, 0.2) is 29.6 Å². The molecule has 27 heavy (non-hydrogen) atoms. The minimum absolute atomic E-state index is 0.0245. The third kappa shape index (κ3) is 5.05. The maximum atomic E-state index is 12.8. The second kappa shape index (κ2) is 9.81. The molecule has 1 aliphatic rings. The van der Waals surface area contributed by atoms with Crippen LogP contribution in [-0.2, 0) is 11.3 Å². The van der Waals surface area contributed by atoms with E-state index in [0.29, 0.717) is 16.3 Å². The van der Waals surface area contributed by atoms with Crippen LogP contribution in [0.1, 0.15) is 5.56 Å². The van der Waals surface area contributed by atoms with Gasteiger partial charge >= 0.3 is 6.03 Å². The average Bonchev–Trinajstić information content (AvgIpc) is 2.69. The quantitative estimate of drug-likeness (QED) is 0.338. The molecule has 0 aromatic heterocycles. The molecule has 1 fully saturated rings. The number of halogens is 1. The van der Waals surface area contributed by atoms with Crippen LogP contribution in [0.3, 0.4) is 0 Å². The van der Waals surface area contributed by atoms with Crippen molar-refractivity contribution in [2.45, 2.75) is 31.1 Å². The number of nitrogens with zero attached hydrogens (tertiary/aromatic N) is 3. The van der Waals surface area contributed by atoms with Gasteiger partial charge in [-0.1, -0.05) is 12.1 Å². The zero-order valence-corrected chi connectivity index (χ0v) is 15.4. The molecule has 0 spiro atoms. The first-order chi connectivity index (χ1) is 12.9. The second-order valence-corrected chi connectivity index (χ2v) is 6.30. The Morgan fingerprint density at radius 1 is 1.30 bits per heavy atom. The van der Waals surface area contributed by atoms with Gasteiger partial charge in [-0.15, -0.1) is 16.5 Å². The molecular formula is C16H22ClN3O7. The van der Waals surface area contributed by atoms with Gasteiger partial charge in [0, 0.05) is 5.88 Å². The maximum Gasteiger partial charge on any atom is 0.345 e. The minimum Gasteiger partial charge on any atom is -0.497 e. The number of carbonyl (C=O) groups excluding carboxylic acids is 1. The summed E-state index contributed by atoms with van der Waals surface area (Å²) < 4.78 is 10.4. The van der Waals surface area contributed by atoms with E-state index < -0.39 is 30.6 Å². The first-order valence-corrected chi connectivity index (χ1v) is 8.72. The zero-order valence-electron chi connectivity index (χ0n) is 14.6. The summed E-state index contributed by atoms with van der Waals surface area (Å²) in [6.07, 6.45) is -5.68. The number of alkyl halides is 1. The van der Waals surface area contributed by atoms with Crippen molar-refractivity contribution in [1.29, 1.82) is 0 Å². The topological polar surface area (TPSA) is 132 Å². The normalized spacial score (nSPS) is 24.9. The molecular weight excluding hydrogens is 382 g/mol. The maximum absolute atomic E-state index is 12.8. The summed E-state index contributed by atoms with van der Waals surface area (Å²) in [4.78, 5) is 24.8. The first kappa shape index (κ1) is 21.3. The van der Waals surface area contributed by atoms with Gasteiger partial charge in [0.1, 0.15) is 24.1 Å². The Balaban J connectivity index is 2.29. The van der Waals surface area contributed by atoms with Crippen molar-refractivity contribution in [1.82, 2.24) is 9.91 Å². The highest BCUT2D eigenvalue weighted by Crippen LogP contribution is 2.23. The number of hydrogen-bond donors (Lipinski definition) is 3. The predicted octanol–water partition coefficient (Wildman–Crippen LogP) is 0.278. The number of aliphatic hydroxyl groups excluding tert-OH is 3. The van der Waals surface area contributed by atoms with Crippen molar-refractivity contribution in [3.05, 3.63) is 34.7 Å². The van der Waals surface area contributed by atoms with Gasteiger partial charge in [0.25, 0.3) is 0 Å². The van der Waals surface area contributed by atoms with Crippen molar-refractivity contribution in [2.75, 3.05) is 26.1 Å². The summed E-state index contributed by atoms with van der Waals surface area (Å²) in [7, 11) is 1.52. The van der Waals surface area contributed by atoms with E-state index in [4.69, 9.17) is 21.1 Å². The highest BCUT2D eigenvalue weighted by Gasteiger charge is 2.43. The number of hydrogen-bond acceptors (Lipinski definition) is 8. The Morgan fingerprint density at radius 3 is 2.52 bits per heavy atom. The van der Waals surface area contributed by atoms with E-state index in [1.54, 1.807) is 24.3 Å². The number of urea groups is 1. The number of methoxy groups -OCH3 is 1. The minimum atomic E-state index is -1.58. The molecule has 1 aromatic carbocycles. The Bertz CT molecular complexity index is 633. The molecule has 0 radical (unpaired) electrons. The number of carbonyl (C=O) groups is 1. The molecule has 4 atom stereocenters. The predicted molar refractivity (Wildman–Crippen MR) is 94.9 cm³/mol. The zero-order chi connectivity index (χ0) is 20.0. The lowest BCUT2D eigenvalue weighted by molar-refractivity contribution is -0.221. The molecule has 11 heteroatoms. The highest BCUT2D eigenvalue weighted by molar-refractivity contribution is 6.18. The van der Waals surface area contributed by atoms with E-state index in [9.17, 15) is 25.0 Å². The number of aliphatic hydroxyl groups is 3. The van der Waals surface area contributed by atoms with E-state index in [1.165, 1.54) is 7.11 Å². The molecule has 2 rings (SSSR count). The molecule has 1 heterocycles. The van der Waals surface area contributed by atoms with Crippen LogP contribution in [0.5, 0.6) is 5.75 Å². The van der Waals surface area contributed by atoms with Crippen LogP contribution in [-0.4, -0.2) is 81.9 Å². The molecule has 3 N–H and O–H groups in total. The Labute approximate surface area is 160 Å². The van der Waals surface area contributed by atoms with Gasteiger partial charge < -0.3 is 24.8 Å². The van der Waals surface area contributed by atoms with Gasteiger partial charge in [0.2, 0.25) is 0 Å². The lowest BCUT2D eigenvalue weighted by Crippen LogP contribution is -2.61. The lowest BCUT2D eigenvalue weighted by atomic mass is 10.0. The summed E-state index contributed by atoms with van der Waals surface area (Å²) in [5, 5.41) is 33.1. The lowest BCUT2D eigenvalue weighted by Gasteiger charge is -2.41. The highest BCUT2D eigenvalue weighted by atomic mass is 35.5. The van der Waals surface area contributed by atoms with Gasteiger partial charge in [0.05, 0.1) is 32.1 Å². The van der Waals surface area contributed by atoms with Gasteiger partial charge in [-0.3, -0.25) is 4.90 Å². The fourth-order valence-electron chi connectivity index (χ4n) is 2.66. The molecule has 10 nitrogen and oxygen atoms in total. The molecule has 1 aliphatic heterocycles. The summed E-state index contributed by atoms with van der Waals surface area (Å²) in [5.41, 5.74) is 0.650. The van der Waals surface area contributed by atoms with Crippen LogP contribution in [0.2, 0.25) is 0 Å². The smallest absolute Gasteiger partial charge is 0.345 e. The molecule has 1 aromatic rings. The third-order valence-electron chi connectivity index (χ3n) is 4.15. The second-order valence-electron chi connectivity index (χ2n) is 5.92. The van der Waals surface area contributed by atoms with Gasteiger partial charge in [-0.05, 0) is 17.7 Å². The van der Waals surface area contributed by atoms with Gasteiger partial charge in [0.15, 0.2) is 6.23 Å². The summed E-state index contributed by atoms with van der Waals surface area (Å²) >= 11 is 5.60. The van der Waals surface area contributed by atoms with E-state index in [-0.39, 0.29) is 25.6 Å². The third-order valence-corrected chi connectivity index (χ3v) is 4.32. The number of nitroso groups, excluding NO2 is 1. The Hall–Kier alpha value is -1.98. The first-order valence-electron chi connectivity index (χ1n) is 8.19. The monoisotopic (exact) mass is 403 g/mol. The van der Waals surface area contributed by atoms with Crippen LogP contribution in [0, 0.1) is 4.91 Å². The summed E-state index contributed by atoms with van der Waals surface area (Å²) in [6, 6.07) is 5.90. The van der Waals surface area contributed by atoms with Crippen LogP contribution in [0.4, 0.5) is 4.79 Å².